The van der Waals surface area contributed by atoms with E-state index < -0.39 is 0 Å². The SMILES string of the molecule is COc1ccc2c(c1)CCN2C(=O)CC(C)n1nc(C)cc1C. The van der Waals surface area contributed by atoms with Gasteiger partial charge in [0.2, 0.25) is 5.91 Å². The normalized spacial score (nSPS) is 14.7. The molecule has 1 aromatic carbocycles. The van der Waals surface area contributed by atoms with Gasteiger partial charge in [0.05, 0.1) is 18.8 Å². The van der Waals surface area contributed by atoms with E-state index in [-0.39, 0.29) is 11.9 Å². The second-order valence-electron chi connectivity index (χ2n) is 6.21. The second kappa shape index (κ2) is 6.07. The summed E-state index contributed by atoms with van der Waals surface area (Å²) in [5.74, 6) is 0.989. The number of carbonyl (C=O) groups excluding carboxylic acids is 1. The van der Waals surface area contributed by atoms with Crippen LogP contribution in [0.25, 0.3) is 0 Å². The van der Waals surface area contributed by atoms with E-state index in [4.69, 9.17) is 4.74 Å². The third kappa shape index (κ3) is 2.96. The molecule has 3 rings (SSSR count). The van der Waals surface area contributed by atoms with Gasteiger partial charge in [-0.2, -0.15) is 5.10 Å². The van der Waals surface area contributed by atoms with E-state index in [9.17, 15) is 4.79 Å². The zero-order valence-corrected chi connectivity index (χ0v) is 14.2. The van der Waals surface area contributed by atoms with E-state index in [0.717, 1.165) is 35.8 Å². The quantitative estimate of drug-likeness (QED) is 0.871. The van der Waals surface area contributed by atoms with Crippen LogP contribution >= 0.6 is 0 Å². The lowest BCUT2D eigenvalue weighted by molar-refractivity contribution is -0.119. The van der Waals surface area contributed by atoms with Crippen LogP contribution in [0.5, 0.6) is 5.75 Å². The summed E-state index contributed by atoms with van der Waals surface area (Å²) >= 11 is 0. The van der Waals surface area contributed by atoms with Crippen molar-refractivity contribution < 1.29 is 9.53 Å². The molecule has 1 unspecified atom stereocenters. The van der Waals surface area contributed by atoms with Crippen molar-refractivity contribution in [1.82, 2.24) is 9.78 Å². The van der Waals surface area contributed by atoms with E-state index in [2.05, 4.69) is 5.10 Å². The van der Waals surface area contributed by atoms with Gasteiger partial charge in [-0.15, -0.1) is 0 Å². The van der Waals surface area contributed by atoms with Gasteiger partial charge in [0, 0.05) is 24.3 Å². The molecule has 0 radical (unpaired) electrons. The lowest BCUT2D eigenvalue weighted by Gasteiger charge is -2.21. The molecular formula is C18H23N3O2. The predicted octanol–water partition coefficient (Wildman–Crippen LogP) is 3.05. The van der Waals surface area contributed by atoms with Crippen LogP contribution in [0.2, 0.25) is 0 Å². The number of aryl methyl sites for hydroxylation is 2. The number of hydrogen-bond donors (Lipinski definition) is 0. The van der Waals surface area contributed by atoms with Gasteiger partial charge >= 0.3 is 0 Å². The van der Waals surface area contributed by atoms with Gasteiger partial charge in [-0.05, 0) is 57.0 Å². The van der Waals surface area contributed by atoms with Crippen LogP contribution in [0.15, 0.2) is 24.3 Å². The number of fused-ring (bicyclic) bond motifs is 1. The summed E-state index contributed by atoms with van der Waals surface area (Å²) in [7, 11) is 1.66. The fourth-order valence-corrected chi connectivity index (χ4v) is 3.31. The molecule has 0 saturated carbocycles. The molecule has 0 N–H and O–H groups in total. The van der Waals surface area contributed by atoms with Gasteiger partial charge in [-0.25, -0.2) is 0 Å². The highest BCUT2D eigenvalue weighted by atomic mass is 16.5. The van der Waals surface area contributed by atoms with Crippen LogP contribution < -0.4 is 9.64 Å². The van der Waals surface area contributed by atoms with Gasteiger partial charge in [0.15, 0.2) is 0 Å². The van der Waals surface area contributed by atoms with Gasteiger partial charge in [-0.1, -0.05) is 0 Å². The van der Waals surface area contributed by atoms with Crippen molar-refractivity contribution >= 4 is 11.6 Å². The zero-order chi connectivity index (χ0) is 16.6. The monoisotopic (exact) mass is 313 g/mol. The minimum absolute atomic E-state index is 0.0542. The summed E-state index contributed by atoms with van der Waals surface area (Å²) in [5.41, 5.74) is 4.27. The standard InChI is InChI=1S/C18H23N3O2/c1-12-9-13(2)21(19-12)14(3)10-18(22)20-8-7-15-11-16(23-4)5-6-17(15)20/h5-6,9,11,14H,7-8,10H2,1-4H3. The van der Waals surface area contributed by atoms with Gasteiger partial charge < -0.3 is 9.64 Å². The lowest BCUT2D eigenvalue weighted by Crippen LogP contribution is -2.31. The molecule has 2 heterocycles. The first kappa shape index (κ1) is 15.6. The van der Waals surface area contributed by atoms with E-state index >= 15 is 0 Å². The predicted molar refractivity (Wildman–Crippen MR) is 90.1 cm³/mol. The third-order valence-electron chi connectivity index (χ3n) is 4.42. The highest BCUT2D eigenvalue weighted by Crippen LogP contribution is 2.32. The van der Waals surface area contributed by atoms with Crippen LogP contribution in [-0.2, 0) is 11.2 Å². The molecular weight excluding hydrogens is 290 g/mol. The van der Waals surface area contributed by atoms with Crippen molar-refractivity contribution in [3.63, 3.8) is 0 Å². The van der Waals surface area contributed by atoms with Crippen molar-refractivity contribution in [2.75, 3.05) is 18.6 Å². The molecule has 0 fully saturated rings. The number of carbonyl (C=O) groups is 1. The number of ether oxygens (including phenoxy) is 1. The average molecular weight is 313 g/mol. The molecule has 0 aliphatic carbocycles. The Morgan fingerprint density at radius 3 is 2.78 bits per heavy atom. The highest BCUT2D eigenvalue weighted by molar-refractivity contribution is 5.95. The van der Waals surface area contributed by atoms with Crippen molar-refractivity contribution in [2.45, 2.75) is 39.7 Å². The molecule has 1 atom stereocenters. The van der Waals surface area contributed by atoms with Crippen molar-refractivity contribution in [1.29, 1.82) is 0 Å². The average Bonchev–Trinajstić information content (AvgIpc) is 3.09. The van der Waals surface area contributed by atoms with Crippen molar-refractivity contribution in [3.05, 3.63) is 41.2 Å². The number of methoxy groups -OCH3 is 1. The summed E-state index contributed by atoms with van der Waals surface area (Å²) in [4.78, 5) is 14.6. The topological polar surface area (TPSA) is 47.4 Å². The zero-order valence-electron chi connectivity index (χ0n) is 14.2. The Morgan fingerprint density at radius 2 is 2.13 bits per heavy atom. The summed E-state index contributed by atoms with van der Waals surface area (Å²) in [6.07, 6.45) is 1.33. The first-order chi connectivity index (χ1) is 11.0. The summed E-state index contributed by atoms with van der Waals surface area (Å²) in [5, 5.41) is 4.49. The number of amides is 1. The largest absolute Gasteiger partial charge is 0.497 e. The van der Waals surface area contributed by atoms with Crippen molar-refractivity contribution in [3.8, 4) is 5.75 Å². The van der Waals surface area contributed by atoms with Crippen LogP contribution in [0.4, 0.5) is 5.69 Å². The Kier molecular flexibility index (Phi) is 4.11. The smallest absolute Gasteiger partial charge is 0.229 e. The van der Waals surface area contributed by atoms with Crippen LogP contribution in [0, 0.1) is 13.8 Å². The fraction of sp³-hybridized carbons (Fsp3) is 0.444. The molecule has 1 aromatic heterocycles. The molecule has 2 aromatic rings. The number of aromatic nitrogens is 2. The van der Waals surface area contributed by atoms with Gasteiger partial charge in [0.1, 0.15) is 5.75 Å². The molecule has 1 aliphatic heterocycles. The minimum atomic E-state index is 0.0542. The van der Waals surface area contributed by atoms with Crippen LogP contribution in [0.1, 0.15) is 36.3 Å². The van der Waals surface area contributed by atoms with E-state index in [1.807, 2.05) is 54.6 Å². The Balaban J connectivity index is 1.74. The van der Waals surface area contributed by atoms with E-state index in [0.29, 0.717) is 6.42 Å². The molecule has 1 aliphatic rings. The maximum Gasteiger partial charge on any atom is 0.229 e. The Labute approximate surface area is 136 Å². The fourth-order valence-electron chi connectivity index (χ4n) is 3.31. The number of benzene rings is 1. The number of rotatable bonds is 4. The number of hydrogen-bond acceptors (Lipinski definition) is 3. The summed E-state index contributed by atoms with van der Waals surface area (Å²) in [6, 6.07) is 8.01. The number of anilines is 1. The Morgan fingerprint density at radius 1 is 1.35 bits per heavy atom. The first-order valence-electron chi connectivity index (χ1n) is 7.99. The number of nitrogens with zero attached hydrogens (tertiary/aromatic N) is 3. The van der Waals surface area contributed by atoms with Gasteiger partial charge in [-0.3, -0.25) is 9.48 Å². The molecule has 23 heavy (non-hydrogen) atoms. The van der Waals surface area contributed by atoms with E-state index in [1.54, 1.807) is 7.11 Å². The van der Waals surface area contributed by atoms with E-state index in [1.165, 1.54) is 5.56 Å². The Bertz CT molecular complexity index is 736. The highest BCUT2D eigenvalue weighted by Gasteiger charge is 2.26. The maximum absolute atomic E-state index is 12.7. The molecule has 5 heteroatoms. The molecule has 5 nitrogen and oxygen atoms in total. The maximum atomic E-state index is 12.7. The van der Waals surface area contributed by atoms with Crippen LogP contribution in [0.3, 0.4) is 0 Å². The van der Waals surface area contributed by atoms with Crippen molar-refractivity contribution in [2.24, 2.45) is 0 Å². The second-order valence-corrected chi connectivity index (χ2v) is 6.21. The summed E-state index contributed by atoms with van der Waals surface area (Å²) in [6.45, 7) is 6.79. The summed E-state index contributed by atoms with van der Waals surface area (Å²) < 4.78 is 7.20. The van der Waals surface area contributed by atoms with Crippen LogP contribution in [-0.4, -0.2) is 29.3 Å². The first-order valence-corrected chi connectivity index (χ1v) is 7.99. The Hall–Kier alpha value is -2.30. The third-order valence-corrected chi connectivity index (χ3v) is 4.42. The molecule has 0 saturated heterocycles. The minimum Gasteiger partial charge on any atom is -0.497 e. The molecule has 0 bridgehead atoms. The molecule has 1 amide bonds. The van der Waals surface area contributed by atoms with Gasteiger partial charge in [0.25, 0.3) is 0 Å². The molecule has 0 spiro atoms. The lowest BCUT2D eigenvalue weighted by atomic mass is 10.1. The molecule has 122 valence electrons.